The molecule has 0 saturated carbocycles. The van der Waals surface area contributed by atoms with Crippen LogP contribution in [0.5, 0.6) is 0 Å². The van der Waals surface area contributed by atoms with Gasteiger partial charge in [-0.2, -0.15) is 0 Å². The normalized spacial score (nSPS) is 27.7. The molecule has 70 valence electrons. The van der Waals surface area contributed by atoms with Crippen LogP contribution in [0.15, 0.2) is 23.0 Å². The highest BCUT2D eigenvalue weighted by molar-refractivity contribution is 5.72. The van der Waals surface area contributed by atoms with Crippen molar-refractivity contribution in [1.29, 1.82) is 0 Å². The summed E-state index contributed by atoms with van der Waals surface area (Å²) in [5, 5.41) is 12.0. The minimum atomic E-state index is -0.740. The van der Waals surface area contributed by atoms with Crippen molar-refractivity contribution in [3.05, 3.63) is 24.2 Å². The Morgan fingerprint density at radius 2 is 2.46 bits per heavy atom. The van der Waals surface area contributed by atoms with E-state index in [1.807, 2.05) is 6.07 Å². The summed E-state index contributed by atoms with van der Waals surface area (Å²) in [6.45, 7) is 1.27. The van der Waals surface area contributed by atoms with Gasteiger partial charge in [0.25, 0.3) is 0 Å². The summed E-state index contributed by atoms with van der Waals surface area (Å²) in [5.41, 5.74) is 0.970. The summed E-state index contributed by atoms with van der Waals surface area (Å²) < 4.78 is 4.93. The molecule has 1 aromatic heterocycles. The van der Waals surface area contributed by atoms with Gasteiger partial charge in [-0.3, -0.25) is 4.79 Å². The number of nitrogens with one attached hydrogen (secondary N) is 1. The van der Waals surface area contributed by atoms with E-state index in [0.717, 1.165) is 12.1 Å². The topological polar surface area (TPSA) is 62.5 Å². The van der Waals surface area contributed by atoms with Crippen molar-refractivity contribution in [2.75, 3.05) is 13.1 Å². The number of carboxylic acid groups (broad SMARTS) is 1. The minimum absolute atomic E-state index is 0.0521. The second kappa shape index (κ2) is 3.22. The van der Waals surface area contributed by atoms with Gasteiger partial charge >= 0.3 is 5.97 Å². The van der Waals surface area contributed by atoms with Gasteiger partial charge in [0.1, 0.15) is 0 Å². The lowest BCUT2D eigenvalue weighted by Gasteiger charge is -2.11. The van der Waals surface area contributed by atoms with Crippen LogP contribution in [0.2, 0.25) is 0 Å². The Morgan fingerprint density at radius 3 is 3.08 bits per heavy atom. The third kappa shape index (κ3) is 1.45. The van der Waals surface area contributed by atoms with Gasteiger partial charge in [0, 0.05) is 19.0 Å². The quantitative estimate of drug-likeness (QED) is 0.703. The van der Waals surface area contributed by atoms with Crippen molar-refractivity contribution < 1.29 is 14.3 Å². The van der Waals surface area contributed by atoms with E-state index in [0.29, 0.717) is 6.54 Å². The molecule has 1 aromatic rings. The van der Waals surface area contributed by atoms with E-state index < -0.39 is 5.97 Å². The van der Waals surface area contributed by atoms with Gasteiger partial charge in [0.05, 0.1) is 18.4 Å². The fourth-order valence-electron chi connectivity index (χ4n) is 1.77. The molecule has 2 atom stereocenters. The minimum Gasteiger partial charge on any atom is -0.481 e. The van der Waals surface area contributed by atoms with Crippen molar-refractivity contribution in [3.63, 3.8) is 0 Å². The highest BCUT2D eigenvalue weighted by Crippen LogP contribution is 2.28. The lowest BCUT2D eigenvalue weighted by Crippen LogP contribution is -2.20. The van der Waals surface area contributed by atoms with Crippen molar-refractivity contribution in [2.24, 2.45) is 5.92 Å². The summed E-state index contributed by atoms with van der Waals surface area (Å²) in [6, 6.07) is 1.83. The van der Waals surface area contributed by atoms with Crippen LogP contribution in [-0.2, 0) is 4.79 Å². The van der Waals surface area contributed by atoms with Crippen molar-refractivity contribution in [3.8, 4) is 0 Å². The average molecular weight is 181 g/mol. The Morgan fingerprint density at radius 1 is 1.62 bits per heavy atom. The van der Waals surface area contributed by atoms with Gasteiger partial charge < -0.3 is 14.8 Å². The first-order valence-corrected chi connectivity index (χ1v) is 4.24. The van der Waals surface area contributed by atoms with Gasteiger partial charge in [-0.1, -0.05) is 0 Å². The second-order valence-corrected chi connectivity index (χ2v) is 3.27. The van der Waals surface area contributed by atoms with Gasteiger partial charge in [-0.05, 0) is 11.6 Å². The summed E-state index contributed by atoms with van der Waals surface area (Å²) in [4.78, 5) is 10.8. The number of rotatable bonds is 2. The van der Waals surface area contributed by atoms with E-state index >= 15 is 0 Å². The molecule has 13 heavy (non-hydrogen) atoms. The van der Waals surface area contributed by atoms with Crippen LogP contribution in [-0.4, -0.2) is 24.2 Å². The molecule has 0 aromatic carbocycles. The first-order valence-electron chi connectivity index (χ1n) is 4.24. The van der Waals surface area contributed by atoms with Crippen LogP contribution in [0.4, 0.5) is 0 Å². The molecule has 4 heteroatoms. The molecule has 1 aliphatic rings. The van der Waals surface area contributed by atoms with Crippen LogP contribution in [0.1, 0.15) is 11.5 Å². The Kier molecular flexibility index (Phi) is 2.06. The molecular formula is C9H11NO3. The van der Waals surface area contributed by atoms with E-state index in [-0.39, 0.29) is 11.8 Å². The zero-order chi connectivity index (χ0) is 9.26. The van der Waals surface area contributed by atoms with Crippen LogP contribution in [0.3, 0.4) is 0 Å². The Bertz CT molecular complexity index is 294. The predicted molar refractivity (Wildman–Crippen MR) is 45.4 cm³/mol. The Labute approximate surface area is 75.6 Å². The number of furan rings is 1. The molecule has 2 N–H and O–H groups in total. The molecule has 0 aliphatic carbocycles. The number of hydrogen-bond donors (Lipinski definition) is 2. The SMILES string of the molecule is O=C(O)[C@H]1CNC[C@@H]1c1ccoc1. The van der Waals surface area contributed by atoms with Gasteiger partial charge in [0.15, 0.2) is 0 Å². The smallest absolute Gasteiger partial charge is 0.308 e. The highest BCUT2D eigenvalue weighted by atomic mass is 16.4. The van der Waals surface area contributed by atoms with Crippen LogP contribution in [0, 0.1) is 5.92 Å². The maximum Gasteiger partial charge on any atom is 0.308 e. The lowest BCUT2D eigenvalue weighted by molar-refractivity contribution is -0.141. The number of aliphatic carboxylic acids is 1. The Hall–Kier alpha value is -1.29. The number of hydrogen-bond acceptors (Lipinski definition) is 3. The number of carboxylic acids is 1. The molecule has 2 rings (SSSR count). The molecular weight excluding hydrogens is 170 g/mol. The van der Waals surface area contributed by atoms with Crippen LogP contribution >= 0.6 is 0 Å². The third-order valence-corrected chi connectivity index (χ3v) is 2.50. The van der Waals surface area contributed by atoms with Crippen LogP contribution in [0.25, 0.3) is 0 Å². The van der Waals surface area contributed by atoms with E-state index in [1.54, 1.807) is 12.5 Å². The van der Waals surface area contributed by atoms with E-state index in [4.69, 9.17) is 9.52 Å². The molecule has 1 saturated heterocycles. The van der Waals surface area contributed by atoms with Crippen LogP contribution < -0.4 is 5.32 Å². The Balaban J connectivity index is 2.19. The monoisotopic (exact) mass is 181 g/mol. The summed E-state index contributed by atoms with van der Waals surface area (Å²) in [6.07, 6.45) is 3.19. The predicted octanol–water partition coefficient (Wildman–Crippen LogP) is 0.667. The largest absolute Gasteiger partial charge is 0.481 e. The fourth-order valence-corrected chi connectivity index (χ4v) is 1.77. The second-order valence-electron chi connectivity index (χ2n) is 3.27. The zero-order valence-electron chi connectivity index (χ0n) is 7.06. The molecule has 0 bridgehead atoms. The van der Waals surface area contributed by atoms with Gasteiger partial charge in [-0.15, -0.1) is 0 Å². The molecule has 1 fully saturated rings. The van der Waals surface area contributed by atoms with E-state index in [1.165, 1.54) is 0 Å². The average Bonchev–Trinajstić information content (AvgIpc) is 2.74. The molecule has 0 spiro atoms. The number of carbonyl (C=O) groups is 1. The maximum atomic E-state index is 10.8. The summed E-state index contributed by atoms with van der Waals surface area (Å²) in [5.74, 6) is -1.01. The molecule has 1 aliphatic heterocycles. The molecule has 0 amide bonds. The van der Waals surface area contributed by atoms with Crippen molar-refractivity contribution >= 4 is 5.97 Å². The van der Waals surface area contributed by atoms with E-state index in [2.05, 4.69) is 5.32 Å². The summed E-state index contributed by atoms with van der Waals surface area (Å²) in [7, 11) is 0. The first kappa shape index (κ1) is 8.31. The summed E-state index contributed by atoms with van der Waals surface area (Å²) >= 11 is 0. The lowest BCUT2D eigenvalue weighted by atomic mass is 9.91. The molecule has 0 radical (unpaired) electrons. The third-order valence-electron chi connectivity index (χ3n) is 2.50. The first-order chi connectivity index (χ1) is 6.29. The standard InChI is InChI=1S/C9H11NO3/c11-9(12)8-4-10-3-7(8)6-1-2-13-5-6/h1-2,5,7-8,10H,3-4H2,(H,11,12)/t7-,8+/m1/s1. The molecule has 2 heterocycles. The highest BCUT2D eigenvalue weighted by Gasteiger charge is 2.34. The fraction of sp³-hybridized carbons (Fsp3) is 0.444. The zero-order valence-corrected chi connectivity index (χ0v) is 7.06. The van der Waals surface area contributed by atoms with Gasteiger partial charge in [-0.25, -0.2) is 0 Å². The van der Waals surface area contributed by atoms with Crippen molar-refractivity contribution in [1.82, 2.24) is 5.32 Å². The molecule has 4 nitrogen and oxygen atoms in total. The van der Waals surface area contributed by atoms with E-state index in [9.17, 15) is 4.79 Å². The van der Waals surface area contributed by atoms with Gasteiger partial charge in [0.2, 0.25) is 0 Å². The molecule has 0 unspecified atom stereocenters. The van der Waals surface area contributed by atoms with Crippen molar-refractivity contribution in [2.45, 2.75) is 5.92 Å². The maximum absolute atomic E-state index is 10.8.